The maximum Gasteiger partial charge on any atom is -0.0181 e. The van der Waals surface area contributed by atoms with Crippen molar-refractivity contribution in [1.29, 1.82) is 0 Å². The van der Waals surface area contributed by atoms with E-state index in [0.29, 0.717) is 0 Å². The van der Waals surface area contributed by atoms with Crippen LogP contribution in [0.15, 0.2) is 55.1 Å². The van der Waals surface area contributed by atoms with E-state index in [-0.39, 0.29) is 0 Å². The second-order valence-electron chi connectivity index (χ2n) is 5.33. The van der Waals surface area contributed by atoms with Gasteiger partial charge in [-0.3, -0.25) is 0 Å². The highest BCUT2D eigenvalue weighted by Crippen LogP contribution is 2.25. The topological polar surface area (TPSA) is 0 Å². The molecule has 0 unspecified atom stereocenters. The van der Waals surface area contributed by atoms with Crippen molar-refractivity contribution in [2.75, 3.05) is 0 Å². The van der Waals surface area contributed by atoms with E-state index in [2.05, 4.69) is 62.9 Å². The summed E-state index contributed by atoms with van der Waals surface area (Å²) in [7, 11) is 0. The molecule has 2 rings (SSSR count). The molecular formula is C20H24. The molecule has 0 bridgehead atoms. The van der Waals surface area contributed by atoms with E-state index in [9.17, 15) is 0 Å². The highest BCUT2D eigenvalue weighted by Gasteiger charge is 2.06. The van der Waals surface area contributed by atoms with Crippen molar-refractivity contribution in [2.24, 2.45) is 0 Å². The normalized spacial score (nSPS) is 10.5. The zero-order chi connectivity index (χ0) is 14.4. The quantitative estimate of drug-likeness (QED) is 0.632. The predicted molar refractivity (Wildman–Crippen MR) is 89.0 cm³/mol. The second-order valence-corrected chi connectivity index (χ2v) is 5.33. The van der Waals surface area contributed by atoms with E-state index in [0.717, 1.165) is 12.0 Å². The van der Waals surface area contributed by atoms with Gasteiger partial charge in [0.25, 0.3) is 0 Å². The number of benzene rings is 2. The number of hydrogen-bond donors (Lipinski definition) is 0. The lowest BCUT2D eigenvalue weighted by Crippen LogP contribution is -1.96. The van der Waals surface area contributed by atoms with Crippen molar-refractivity contribution in [3.05, 3.63) is 77.4 Å². The minimum atomic E-state index is 1.12. The van der Waals surface area contributed by atoms with Crippen LogP contribution in [0.1, 0.15) is 48.9 Å². The highest BCUT2D eigenvalue weighted by molar-refractivity contribution is 5.78. The van der Waals surface area contributed by atoms with Crippen LogP contribution < -0.4 is 0 Å². The molecular weight excluding hydrogens is 240 g/mol. The zero-order valence-corrected chi connectivity index (χ0v) is 12.7. The molecule has 0 heterocycles. The van der Waals surface area contributed by atoms with Crippen molar-refractivity contribution < 1.29 is 0 Å². The van der Waals surface area contributed by atoms with Crippen LogP contribution in [-0.2, 0) is 12.8 Å². The second kappa shape index (κ2) is 7.09. The maximum absolute atomic E-state index is 4.27. The fourth-order valence-corrected chi connectivity index (χ4v) is 2.63. The van der Waals surface area contributed by atoms with Crippen molar-refractivity contribution in [1.82, 2.24) is 0 Å². The van der Waals surface area contributed by atoms with Gasteiger partial charge in [0.2, 0.25) is 0 Å². The molecule has 20 heavy (non-hydrogen) atoms. The molecule has 0 aliphatic carbocycles. The van der Waals surface area contributed by atoms with E-state index >= 15 is 0 Å². The van der Waals surface area contributed by atoms with Crippen molar-refractivity contribution in [3.8, 4) is 0 Å². The lowest BCUT2D eigenvalue weighted by atomic mass is 9.92. The first-order valence-corrected chi connectivity index (χ1v) is 7.62. The molecule has 0 aliphatic heterocycles. The van der Waals surface area contributed by atoms with E-state index in [4.69, 9.17) is 0 Å². The molecule has 0 nitrogen and oxygen atoms in total. The van der Waals surface area contributed by atoms with E-state index in [1.807, 2.05) is 6.07 Å². The fourth-order valence-electron chi connectivity index (χ4n) is 2.63. The third-order valence-electron chi connectivity index (χ3n) is 3.72. The van der Waals surface area contributed by atoms with Crippen LogP contribution in [-0.4, -0.2) is 0 Å². The summed E-state index contributed by atoms with van der Waals surface area (Å²) in [6.45, 7) is 8.76. The Bertz CT molecular complexity index is 564. The first-order valence-electron chi connectivity index (χ1n) is 7.62. The minimum absolute atomic E-state index is 1.12. The lowest BCUT2D eigenvalue weighted by Gasteiger charge is -2.13. The zero-order valence-electron chi connectivity index (χ0n) is 12.7. The van der Waals surface area contributed by atoms with Crippen molar-refractivity contribution in [2.45, 2.75) is 39.5 Å². The molecule has 0 atom stereocenters. The maximum atomic E-state index is 4.27. The third-order valence-corrected chi connectivity index (χ3v) is 3.72. The largest absolute Gasteiger partial charge is 0.0906 e. The molecule has 0 amide bonds. The van der Waals surface area contributed by atoms with Crippen LogP contribution >= 0.6 is 0 Å². The molecule has 0 spiro atoms. The van der Waals surface area contributed by atoms with Gasteiger partial charge in [-0.05, 0) is 40.7 Å². The number of aryl methyl sites for hydroxylation is 2. The van der Waals surface area contributed by atoms with Gasteiger partial charge in [-0.25, -0.2) is 0 Å². The molecule has 0 saturated carbocycles. The van der Waals surface area contributed by atoms with Crippen molar-refractivity contribution in [3.63, 3.8) is 0 Å². The molecule has 0 fully saturated rings. The summed E-state index contributed by atoms with van der Waals surface area (Å²) in [5.41, 5.74) is 6.56. The lowest BCUT2D eigenvalue weighted by molar-refractivity contribution is 0.860. The van der Waals surface area contributed by atoms with E-state index in [1.165, 1.54) is 41.5 Å². The Hall–Kier alpha value is -1.82. The first-order chi connectivity index (χ1) is 9.76. The standard InChI is InChI=1S/C20H24/c1-4-9-18-13-14-19(15-20(18)10-5-2)16(3)17-11-7-6-8-12-17/h6-8,11-15H,3-5,9-10H2,1-2H3. The SMILES string of the molecule is C=C(c1ccccc1)c1ccc(CCC)c(CCC)c1. The average Bonchev–Trinajstić information content (AvgIpc) is 2.50. The van der Waals surface area contributed by atoms with Gasteiger partial charge in [-0.2, -0.15) is 0 Å². The monoisotopic (exact) mass is 264 g/mol. The average molecular weight is 264 g/mol. The molecule has 104 valence electrons. The Morgan fingerprint density at radius 1 is 0.800 bits per heavy atom. The molecule has 0 saturated heterocycles. The van der Waals surface area contributed by atoms with Crippen LogP contribution in [0.25, 0.3) is 5.57 Å². The molecule has 0 aliphatic rings. The molecule has 0 heteroatoms. The van der Waals surface area contributed by atoms with E-state index in [1.54, 1.807) is 0 Å². The summed E-state index contributed by atoms with van der Waals surface area (Å²) in [5, 5.41) is 0. The Morgan fingerprint density at radius 3 is 2.10 bits per heavy atom. The van der Waals surface area contributed by atoms with Crippen LogP contribution in [0.2, 0.25) is 0 Å². The molecule has 0 N–H and O–H groups in total. The van der Waals surface area contributed by atoms with Gasteiger partial charge in [0, 0.05) is 0 Å². The highest BCUT2D eigenvalue weighted by atomic mass is 14.1. The van der Waals surface area contributed by atoms with Gasteiger partial charge < -0.3 is 0 Å². The fraction of sp³-hybridized carbons (Fsp3) is 0.300. The summed E-state index contributed by atoms with van der Waals surface area (Å²) in [6.07, 6.45) is 4.73. The van der Waals surface area contributed by atoms with Gasteiger partial charge in [0.05, 0.1) is 0 Å². The predicted octanol–water partition coefficient (Wildman–Crippen LogP) is 5.65. The summed E-state index contributed by atoms with van der Waals surface area (Å²) in [6, 6.07) is 17.3. The molecule has 0 aromatic heterocycles. The first kappa shape index (κ1) is 14.6. The van der Waals surface area contributed by atoms with Gasteiger partial charge >= 0.3 is 0 Å². The smallest absolute Gasteiger partial charge is 0.0181 e. The van der Waals surface area contributed by atoms with Gasteiger partial charge in [0.15, 0.2) is 0 Å². The van der Waals surface area contributed by atoms with Crippen LogP contribution in [0.5, 0.6) is 0 Å². The third kappa shape index (κ3) is 3.39. The van der Waals surface area contributed by atoms with Gasteiger partial charge in [0.1, 0.15) is 0 Å². The summed E-state index contributed by atoms with van der Waals surface area (Å²) in [4.78, 5) is 0. The van der Waals surface area contributed by atoms with Crippen molar-refractivity contribution >= 4 is 5.57 Å². The Morgan fingerprint density at radius 2 is 1.45 bits per heavy atom. The summed E-state index contributed by atoms with van der Waals surface area (Å²) >= 11 is 0. The van der Waals surface area contributed by atoms with Gasteiger partial charge in [-0.15, -0.1) is 0 Å². The molecule has 2 aromatic carbocycles. The van der Waals surface area contributed by atoms with Crippen LogP contribution in [0.3, 0.4) is 0 Å². The summed E-state index contributed by atoms with van der Waals surface area (Å²) in [5.74, 6) is 0. The Labute approximate surface area is 123 Å². The summed E-state index contributed by atoms with van der Waals surface area (Å²) < 4.78 is 0. The van der Waals surface area contributed by atoms with Gasteiger partial charge in [-0.1, -0.05) is 81.8 Å². The molecule has 2 aromatic rings. The Balaban J connectivity index is 2.33. The Kier molecular flexibility index (Phi) is 5.17. The number of hydrogen-bond acceptors (Lipinski definition) is 0. The number of rotatable bonds is 6. The minimum Gasteiger partial charge on any atom is -0.0906 e. The molecule has 0 radical (unpaired) electrons. The van der Waals surface area contributed by atoms with Crippen LogP contribution in [0, 0.1) is 0 Å². The van der Waals surface area contributed by atoms with Crippen LogP contribution in [0.4, 0.5) is 0 Å². The van der Waals surface area contributed by atoms with E-state index < -0.39 is 0 Å².